The number of benzene rings is 4. The second kappa shape index (κ2) is 12.9. The molecule has 51 heavy (non-hydrogen) atoms. The SMILES string of the molecule is CC(C)(C)c1cc(-c2[c-]c(-c3nccc4ccsc34)cc(C(C)(C)C)c2)[c-]c(-c2cc(C(C)(C)C)cc3c2[n-]c2ccc(C(C)(C)C)cc23)c1.[Au+3]. The maximum absolute atomic E-state index is 5.32. The van der Waals surface area contributed by atoms with Crippen LogP contribution in [0.5, 0.6) is 0 Å². The van der Waals surface area contributed by atoms with Crippen LogP contribution < -0.4 is 4.98 Å². The van der Waals surface area contributed by atoms with Crippen LogP contribution in [0.1, 0.15) is 105 Å². The van der Waals surface area contributed by atoms with Gasteiger partial charge in [-0.1, -0.05) is 119 Å². The molecule has 0 aliphatic carbocycles. The van der Waals surface area contributed by atoms with Crippen LogP contribution in [0, 0.1) is 12.1 Å². The topological polar surface area (TPSA) is 27.0 Å². The summed E-state index contributed by atoms with van der Waals surface area (Å²) in [6.45, 7) is 27.5. The Kier molecular flexibility index (Phi) is 9.42. The molecule has 264 valence electrons. The van der Waals surface area contributed by atoms with Crippen LogP contribution in [0.15, 0.2) is 78.3 Å². The Morgan fingerprint density at radius 3 is 1.69 bits per heavy atom. The van der Waals surface area contributed by atoms with Crippen LogP contribution in [0.4, 0.5) is 0 Å². The smallest absolute Gasteiger partial charge is 0.663 e. The Morgan fingerprint density at radius 2 is 1.08 bits per heavy atom. The Balaban J connectivity index is 0.00000448. The summed E-state index contributed by atoms with van der Waals surface area (Å²) in [6, 6.07) is 32.8. The molecule has 0 aliphatic heterocycles. The molecule has 7 rings (SSSR count). The molecular weight excluding hydrogens is 822 g/mol. The van der Waals surface area contributed by atoms with Crippen molar-refractivity contribution in [2.75, 3.05) is 0 Å². The molecule has 4 aromatic carbocycles. The molecule has 0 saturated heterocycles. The molecule has 0 spiro atoms. The van der Waals surface area contributed by atoms with Gasteiger partial charge in [0, 0.05) is 16.6 Å². The van der Waals surface area contributed by atoms with Gasteiger partial charge in [0.25, 0.3) is 0 Å². The first kappa shape index (κ1) is 37.3. The Bertz CT molecular complexity index is 2410. The number of hydrogen-bond donors (Lipinski definition) is 0. The van der Waals surface area contributed by atoms with E-state index < -0.39 is 0 Å². The van der Waals surface area contributed by atoms with Gasteiger partial charge >= 0.3 is 22.4 Å². The summed E-state index contributed by atoms with van der Waals surface area (Å²) < 4.78 is 1.19. The monoisotopic (exact) mass is 870 g/mol. The zero-order valence-corrected chi connectivity index (χ0v) is 35.1. The fraction of sp³-hybridized carbons (Fsp3) is 0.340. The van der Waals surface area contributed by atoms with Crippen molar-refractivity contribution in [1.29, 1.82) is 0 Å². The molecule has 2 nitrogen and oxygen atoms in total. The van der Waals surface area contributed by atoms with Crippen molar-refractivity contribution in [2.45, 2.75) is 105 Å². The summed E-state index contributed by atoms with van der Waals surface area (Å²) in [5.41, 5.74) is 13.3. The molecule has 0 atom stereocenters. The molecule has 4 heteroatoms. The van der Waals surface area contributed by atoms with Crippen LogP contribution >= 0.6 is 11.3 Å². The first-order valence-electron chi connectivity index (χ1n) is 17.8. The number of aromatic nitrogens is 2. The Labute approximate surface area is 324 Å². The minimum absolute atomic E-state index is 0. The summed E-state index contributed by atoms with van der Waals surface area (Å²) in [5.74, 6) is 0. The van der Waals surface area contributed by atoms with E-state index in [0.717, 1.165) is 44.5 Å². The van der Waals surface area contributed by atoms with E-state index >= 15 is 0 Å². The van der Waals surface area contributed by atoms with E-state index in [1.54, 1.807) is 11.3 Å². The van der Waals surface area contributed by atoms with Gasteiger partial charge < -0.3 is 4.98 Å². The zero-order chi connectivity index (χ0) is 36.0. The average molecular weight is 871 g/mol. The van der Waals surface area contributed by atoms with Crippen LogP contribution in [-0.2, 0) is 44.0 Å². The molecular formula is C47H49AuN2S. The van der Waals surface area contributed by atoms with E-state index in [1.807, 2.05) is 6.20 Å². The average Bonchev–Trinajstić information content (AvgIpc) is 3.67. The largest absolute Gasteiger partial charge is 3.00 e. The van der Waals surface area contributed by atoms with E-state index in [-0.39, 0.29) is 44.0 Å². The maximum atomic E-state index is 5.32. The van der Waals surface area contributed by atoms with Gasteiger partial charge in [-0.25, -0.2) is 0 Å². The molecule has 3 heterocycles. The molecule has 0 fully saturated rings. The molecule has 0 radical (unpaired) electrons. The van der Waals surface area contributed by atoms with Gasteiger partial charge in [-0.05, 0) is 66.5 Å². The van der Waals surface area contributed by atoms with E-state index in [2.05, 4.69) is 167 Å². The van der Waals surface area contributed by atoms with Gasteiger partial charge in [-0.3, -0.25) is 4.98 Å². The van der Waals surface area contributed by atoms with Crippen LogP contribution in [0.3, 0.4) is 0 Å². The minimum atomic E-state index is -0.0836. The normalized spacial score (nSPS) is 12.9. The minimum Gasteiger partial charge on any atom is -0.663 e. The van der Waals surface area contributed by atoms with E-state index in [4.69, 9.17) is 9.97 Å². The van der Waals surface area contributed by atoms with E-state index in [9.17, 15) is 0 Å². The standard InChI is InChI=1S/C47H49N2S.Au/c1-44(2,3)33-13-14-40-38(25-33)39-27-36(47(10,11)12)26-37(42(39)49-40)31-19-29(21-34(23-31)45(4,5)6)30-20-32(24-35(22-30)46(7,8)9)41-43-28(15-17-48-41)16-18-50-43;/h13-18,21-27H,1-12H3;/q-3;+3. The van der Waals surface area contributed by atoms with Crippen molar-refractivity contribution in [1.82, 2.24) is 9.97 Å². The number of thiophene rings is 1. The molecule has 0 saturated carbocycles. The van der Waals surface area contributed by atoms with Crippen molar-refractivity contribution >= 4 is 43.2 Å². The van der Waals surface area contributed by atoms with Gasteiger partial charge in [0.1, 0.15) is 0 Å². The summed E-state index contributed by atoms with van der Waals surface area (Å²) >= 11 is 1.74. The van der Waals surface area contributed by atoms with Gasteiger partial charge in [0.2, 0.25) is 0 Å². The van der Waals surface area contributed by atoms with E-state index in [0.29, 0.717) is 0 Å². The summed E-state index contributed by atoms with van der Waals surface area (Å²) in [5, 5.41) is 5.79. The quantitative estimate of drug-likeness (QED) is 0.131. The van der Waals surface area contributed by atoms with Gasteiger partial charge in [0.15, 0.2) is 0 Å². The third-order valence-corrected chi connectivity index (χ3v) is 11.0. The van der Waals surface area contributed by atoms with Crippen molar-refractivity contribution in [3.8, 4) is 33.5 Å². The Morgan fingerprint density at radius 1 is 0.549 bits per heavy atom. The molecule has 0 amide bonds. The second-order valence-corrected chi connectivity index (χ2v) is 19.1. The van der Waals surface area contributed by atoms with Crippen LogP contribution in [0.25, 0.3) is 65.4 Å². The molecule has 0 bridgehead atoms. The third-order valence-electron chi connectivity index (χ3n) is 10.0. The van der Waals surface area contributed by atoms with Crippen molar-refractivity contribution < 1.29 is 22.4 Å². The predicted octanol–water partition coefficient (Wildman–Crippen LogP) is 13.3. The Hall–Kier alpha value is -3.47. The molecule has 3 aromatic heterocycles. The van der Waals surface area contributed by atoms with Crippen molar-refractivity contribution in [3.63, 3.8) is 0 Å². The number of hydrogen-bond acceptors (Lipinski definition) is 2. The van der Waals surface area contributed by atoms with Gasteiger partial charge in [-0.2, -0.15) is 40.9 Å². The van der Waals surface area contributed by atoms with Crippen LogP contribution in [0.2, 0.25) is 0 Å². The van der Waals surface area contributed by atoms with Crippen LogP contribution in [-0.4, -0.2) is 4.98 Å². The first-order valence-corrected chi connectivity index (χ1v) is 18.7. The number of fused-ring (bicyclic) bond motifs is 4. The van der Waals surface area contributed by atoms with Gasteiger partial charge in [-0.15, -0.1) is 51.2 Å². The molecule has 0 N–H and O–H groups in total. The fourth-order valence-corrected chi connectivity index (χ4v) is 7.59. The van der Waals surface area contributed by atoms with Crippen molar-refractivity contribution in [3.05, 3.63) is 113 Å². The second-order valence-electron chi connectivity index (χ2n) is 18.2. The maximum Gasteiger partial charge on any atom is 3.00 e. The predicted molar refractivity (Wildman–Crippen MR) is 217 cm³/mol. The number of rotatable bonds is 3. The zero-order valence-electron chi connectivity index (χ0n) is 32.1. The first-order chi connectivity index (χ1) is 23.3. The van der Waals surface area contributed by atoms with Gasteiger partial charge in [0.05, 0.1) is 0 Å². The summed E-state index contributed by atoms with van der Waals surface area (Å²) in [7, 11) is 0. The molecule has 0 aliphatic rings. The van der Waals surface area contributed by atoms with Crippen molar-refractivity contribution in [2.24, 2.45) is 0 Å². The fourth-order valence-electron chi connectivity index (χ4n) is 6.69. The summed E-state index contributed by atoms with van der Waals surface area (Å²) in [6.07, 6.45) is 1.92. The summed E-state index contributed by atoms with van der Waals surface area (Å²) in [4.78, 5) is 10.2. The molecule has 0 unspecified atom stereocenters. The third kappa shape index (κ3) is 7.16. The number of nitrogens with zero attached hydrogens (tertiary/aromatic N) is 2. The number of pyridine rings is 1. The molecule has 7 aromatic rings. The van der Waals surface area contributed by atoms with E-state index in [1.165, 1.54) is 43.1 Å².